The van der Waals surface area contributed by atoms with Gasteiger partial charge in [0.05, 0.1) is 5.56 Å². The van der Waals surface area contributed by atoms with Gasteiger partial charge in [0.25, 0.3) is 17.4 Å². The molecule has 174 valence electrons. The Morgan fingerprint density at radius 2 is 1.65 bits per heavy atom. The van der Waals surface area contributed by atoms with E-state index in [-0.39, 0.29) is 16.8 Å². The Balaban J connectivity index is 1.86. The molecule has 0 bridgehead atoms. The predicted octanol–water partition coefficient (Wildman–Crippen LogP) is 3.12. The van der Waals surface area contributed by atoms with E-state index in [1.54, 1.807) is 19.9 Å². The first-order valence-corrected chi connectivity index (χ1v) is 9.89. The number of hydrogen-bond donors (Lipinski definition) is 3. The molecule has 0 aliphatic rings. The Kier molecular flexibility index (Phi) is 7.26. The second-order valence-corrected chi connectivity index (χ2v) is 6.96. The number of aryl methyl sites for hydroxylation is 1. The summed E-state index contributed by atoms with van der Waals surface area (Å²) >= 11 is 0. The van der Waals surface area contributed by atoms with E-state index in [1.807, 2.05) is 0 Å². The van der Waals surface area contributed by atoms with Crippen molar-refractivity contribution in [2.24, 2.45) is 5.10 Å². The highest BCUT2D eigenvalue weighted by Crippen LogP contribution is 2.19. The number of benzene rings is 2. The second kappa shape index (κ2) is 10.3. The van der Waals surface area contributed by atoms with Crippen molar-refractivity contribution in [1.82, 2.24) is 15.3 Å². The molecule has 0 radical (unpaired) electrons. The molecule has 1 aromatic heterocycles. The molecule has 3 N–H and O–H groups in total. The van der Waals surface area contributed by atoms with Crippen molar-refractivity contribution in [3.63, 3.8) is 0 Å². The lowest BCUT2D eigenvalue weighted by Gasteiger charge is -2.13. The zero-order chi connectivity index (χ0) is 24.8. The van der Waals surface area contributed by atoms with Crippen LogP contribution in [0.2, 0.25) is 0 Å². The summed E-state index contributed by atoms with van der Waals surface area (Å²) in [6, 6.07) is 8.88. The van der Waals surface area contributed by atoms with Gasteiger partial charge in [0.2, 0.25) is 0 Å². The number of hydrogen-bond acceptors (Lipinski definition) is 5. The normalized spacial score (nSPS) is 10.7. The summed E-state index contributed by atoms with van der Waals surface area (Å²) in [7, 11) is 0. The third-order valence-corrected chi connectivity index (χ3v) is 4.62. The molecule has 0 saturated carbocycles. The number of carbonyl (C=O) groups excluding carboxylic acids is 3. The highest BCUT2D eigenvalue weighted by atomic mass is 19.1. The van der Waals surface area contributed by atoms with Crippen LogP contribution in [0.5, 0.6) is 0 Å². The summed E-state index contributed by atoms with van der Waals surface area (Å²) in [6.07, 6.45) is 2.34. The van der Waals surface area contributed by atoms with Crippen molar-refractivity contribution in [2.75, 3.05) is 5.32 Å². The fourth-order valence-corrected chi connectivity index (χ4v) is 2.93. The average molecular weight is 467 g/mol. The van der Waals surface area contributed by atoms with E-state index in [9.17, 15) is 28.0 Å². The Hall–Kier alpha value is -4.67. The van der Waals surface area contributed by atoms with Crippen LogP contribution in [-0.2, 0) is 0 Å². The number of urea groups is 1. The van der Waals surface area contributed by atoms with Crippen LogP contribution < -0.4 is 21.6 Å². The quantitative estimate of drug-likeness (QED) is 0.394. The van der Waals surface area contributed by atoms with E-state index in [0.29, 0.717) is 10.1 Å². The number of carbonyl (C=O) groups is 3. The van der Waals surface area contributed by atoms with Crippen molar-refractivity contribution in [1.29, 1.82) is 0 Å². The number of nitrogens with zero attached hydrogens (tertiary/aromatic N) is 2. The van der Waals surface area contributed by atoms with Gasteiger partial charge in [0.1, 0.15) is 17.3 Å². The van der Waals surface area contributed by atoms with Crippen LogP contribution in [0.4, 0.5) is 19.3 Å². The van der Waals surface area contributed by atoms with Crippen LogP contribution >= 0.6 is 0 Å². The minimum Gasteiger partial charge on any atom is -0.322 e. The molecule has 0 spiro atoms. The molecule has 0 fully saturated rings. The van der Waals surface area contributed by atoms with Gasteiger partial charge in [-0.15, -0.1) is 0 Å². The summed E-state index contributed by atoms with van der Waals surface area (Å²) in [5.41, 5.74) is 1.61. The number of pyridine rings is 1. The highest BCUT2D eigenvalue weighted by Gasteiger charge is 2.17. The molecule has 1 heterocycles. The van der Waals surface area contributed by atoms with E-state index in [4.69, 9.17) is 0 Å². The smallest absolute Gasteiger partial charge is 0.322 e. The summed E-state index contributed by atoms with van der Waals surface area (Å²) in [4.78, 5) is 48.9. The summed E-state index contributed by atoms with van der Waals surface area (Å²) < 4.78 is 29.0. The zero-order valence-corrected chi connectivity index (χ0v) is 18.1. The van der Waals surface area contributed by atoms with Crippen LogP contribution in [0.25, 0.3) is 5.69 Å². The number of aromatic nitrogens is 1. The number of para-hydroxylation sites is 1. The van der Waals surface area contributed by atoms with Crippen LogP contribution in [0.3, 0.4) is 0 Å². The fraction of sp³-hybridized carbons (Fsp3) is 0.0870. The number of hydrazone groups is 1. The Labute approximate surface area is 192 Å². The topological polar surface area (TPSA) is 122 Å². The average Bonchev–Trinajstić information content (AvgIpc) is 2.80. The molecule has 3 aromatic rings. The summed E-state index contributed by atoms with van der Waals surface area (Å²) in [6.45, 7) is 3.26. The first-order valence-electron chi connectivity index (χ1n) is 9.89. The van der Waals surface area contributed by atoms with E-state index in [0.717, 1.165) is 30.5 Å². The SMILES string of the molecule is C/C=N/NC(=O)NC(=O)c1ccc(C)c(NC(=O)c2ccc(=O)n(-c3c(F)cccc3F)c2)c1. The van der Waals surface area contributed by atoms with Gasteiger partial charge in [-0.2, -0.15) is 5.10 Å². The van der Waals surface area contributed by atoms with Crippen LogP contribution in [0.1, 0.15) is 33.2 Å². The lowest BCUT2D eigenvalue weighted by molar-refractivity contribution is 0.0962. The summed E-state index contributed by atoms with van der Waals surface area (Å²) in [5.74, 6) is -3.37. The molecule has 3 rings (SSSR count). The number of nitrogens with one attached hydrogen (secondary N) is 3. The van der Waals surface area contributed by atoms with Crippen LogP contribution in [-0.4, -0.2) is 28.6 Å². The van der Waals surface area contributed by atoms with Crippen molar-refractivity contribution in [3.8, 4) is 5.69 Å². The fourth-order valence-electron chi connectivity index (χ4n) is 2.93. The van der Waals surface area contributed by atoms with E-state index in [1.165, 1.54) is 24.4 Å². The van der Waals surface area contributed by atoms with E-state index < -0.39 is 40.7 Å². The van der Waals surface area contributed by atoms with Crippen LogP contribution in [0, 0.1) is 18.6 Å². The number of amides is 4. The van der Waals surface area contributed by atoms with E-state index >= 15 is 0 Å². The monoisotopic (exact) mass is 467 g/mol. The standard InChI is InChI=1S/C23H19F2N5O4/c1-3-26-29-23(34)28-21(32)14-8-7-13(2)18(11-14)27-22(33)15-9-10-19(31)30(12-15)20-16(24)5-4-6-17(20)25/h3-12H,1-2H3,(H,27,33)(H2,28,29,32,34)/b26-3+. The number of imide groups is 1. The first-order chi connectivity index (χ1) is 16.2. The molecule has 9 nitrogen and oxygen atoms in total. The molecule has 2 aromatic carbocycles. The third kappa shape index (κ3) is 5.38. The van der Waals surface area contributed by atoms with Gasteiger partial charge in [-0.25, -0.2) is 19.0 Å². The zero-order valence-electron chi connectivity index (χ0n) is 18.1. The number of anilines is 1. The molecule has 11 heteroatoms. The van der Waals surface area contributed by atoms with Gasteiger partial charge in [-0.1, -0.05) is 12.1 Å². The van der Waals surface area contributed by atoms with Gasteiger partial charge in [0.15, 0.2) is 0 Å². The number of halogens is 2. The molecule has 0 atom stereocenters. The Morgan fingerprint density at radius 1 is 0.971 bits per heavy atom. The van der Waals surface area contributed by atoms with Gasteiger partial charge >= 0.3 is 6.03 Å². The molecule has 0 aliphatic heterocycles. The molecular formula is C23H19F2N5O4. The van der Waals surface area contributed by atoms with Crippen LogP contribution in [0.15, 0.2) is 64.6 Å². The molecule has 0 unspecified atom stereocenters. The van der Waals surface area contributed by atoms with Crippen molar-refractivity contribution in [2.45, 2.75) is 13.8 Å². The largest absolute Gasteiger partial charge is 0.342 e. The molecule has 34 heavy (non-hydrogen) atoms. The predicted molar refractivity (Wildman–Crippen MR) is 121 cm³/mol. The molecule has 4 amide bonds. The van der Waals surface area contributed by atoms with Crippen molar-refractivity contribution >= 4 is 29.7 Å². The Bertz CT molecular complexity index is 1350. The molecule has 0 aliphatic carbocycles. The lowest BCUT2D eigenvalue weighted by atomic mass is 10.1. The molecular weight excluding hydrogens is 448 g/mol. The maximum Gasteiger partial charge on any atom is 0.342 e. The van der Waals surface area contributed by atoms with Gasteiger partial charge in [-0.3, -0.25) is 24.3 Å². The molecule has 0 saturated heterocycles. The minimum absolute atomic E-state index is 0.0617. The lowest BCUT2D eigenvalue weighted by Crippen LogP contribution is -2.37. The highest BCUT2D eigenvalue weighted by molar-refractivity contribution is 6.07. The minimum atomic E-state index is -0.970. The van der Waals surface area contributed by atoms with E-state index in [2.05, 4.69) is 21.2 Å². The third-order valence-electron chi connectivity index (χ3n) is 4.62. The Morgan fingerprint density at radius 3 is 2.32 bits per heavy atom. The second-order valence-electron chi connectivity index (χ2n) is 6.96. The first kappa shape index (κ1) is 24.0. The maximum absolute atomic E-state index is 14.2. The van der Waals surface area contributed by atoms with Gasteiger partial charge < -0.3 is 5.32 Å². The van der Waals surface area contributed by atoms with Crippen molar-refractivity contribution < 1.29 is 23.2 Å². The maximum atomic E-state index is 14.2. The van der Waals surface area contributed by atoms with Crippen molar-refractivity contribution in [3.05, 3.63) is 93.4 Å². The van der Waals surface area contributed by atoms with Gasteiger partial charge in [-0.05, 0) is 49.7 Å². The van der Waals surface area contributed by atoms with Gasteiger partial charge in [0, 0.05) is 29.7 Å². The summed E-state index contributed by atoms with van der Waals surface area (Å²) in [5, 5.41) is 8.17. The number of rotatable bonds is 5.